The molecule has 0 amide bonds. The topological polar surface area (TPSA) is 101 Å². The van der Waals surface area contributed by atoms with Gasteiger partial charge in [0.2, 0.25) is 0 Å². The first-order valence-corrected chi connectivity index (χ1v) is 13.2. The number of nitriles is 1. The lowest BCUT2D eigenvalue weighted by Crippen LogP contribution is -2.59. The molecule has 1 aliphatic rings. The minimum atomic E-state index is -0.0677. The lowest BCUT2D eigenvalue weighted by atomic mass is 9.99. The van der Waals surface area contributed by atoms with Crippen molar-refractivity contribution < 1.29 is 0 Å². The Hall–Kier alpha value is -3.71. The minimum absolute atomic E-state index is 0.0677. The zero-order chi connectivity index (χ0) is 26.3. The second kappa shape index (κ2) is 9.98. The first-order chi connectivity index (χ1) is 17.9. The fraction of sp³-hybridized carbons (Fsp3) is 0.519. The fourth-order valence-electron chi connectivity index (χ4n) is 5.84. The van der Waals surface area contributed by atoms with E-state index in [0.29, 0.717) is 0 Å². The molecule has 37 heavy (non-hydrogen) atoms. The molecule has 0 saturated carbocycles. The van der Waals surface area contributed by atoms with Gasteiger partial charge in [0.1, 0.15) is 17.9 Å². The molecule has 3 atom stereocenters. The monoisotopic (exact) mass is 501 g/mol. The van der Waals surface area contributed by atoms with Crippen molar-refractivity contribution in [1.82, 2.24) is 33.8 Å². The lowest BCUT2D eigenvalue weighted by molar-refractivity contribution is 0.0954. The highest BCUT2D eigenvalue weighted by atomic mass is 16.1. The summed E-state index contributed by atoms with van der Waals surface area (Å²) in [7, 11) is 1.76. The van der Waals surface area contributed by atoms with E-state index >= 15 is 0 Å². The van der Waals surface area contributed by atoms with E-state index in [-0.39, 0.29) is 30.2 Å². The second-order valence-corrected chi connectivity index (χ2v) is 9.86. The van der Waals surface area contributed by atoms with Crippen LogP contribution in [0.25, 0.3) is 22.2 Å². The predicted octanol–water partition coefficient (Wildman–Crippen LogP) is 3.46. The second-order valence-electron chi connectivity index (χ2n) is 9.86. The Morgan fingerprint density at radius 2 is 1.95 bits per heavy atom. The van der Waals surface area contributed by atoms with Crippen molar-refractivity contribution in [1.29, 1.82) is 5.26 Å². The van der Waals surface area contributed by atoms with E-state index in [4.69, 9.17) is 10.1 Å². The van der Waals surface area contributed by atoms with Crippen molar-refractivity contribution in [3.63, 3.8) is 0 Å². The van der Waals surface area contributed by atoms with Crippen LogP contribution in [0.2, 0.25) is 0 Å². The van der Waals surface area contributed by atoms with Crippen LogP contribution in [-0.2, 0) is 20.1 Å². The quantitative estimate of drug-likeness (QED) is 0.382. The number of piperazine rings is 1. The molecule has 1 unspecified atom stereocenters. The van der Waals surface area contributed by atoms with Crippen LogP contribution >= 0.6 is 0 Å². The van der Waals surface area contributed by atoms with Crippen molar-refractivity contribution in [3.8, 4) is 6.07 Å². The van der Waals surface area contributed by atoms with Crippen LogP contribution in [0.5, 0.6) is 0 Å². The molecule has 10 nitrogen and oxygen atoms in total. The highest BCUT2D eigenvalue weighted by molar-refractivity contribution is 5.88. The lowest BCUT2D eigenvalue weighted by Gasteiger charge is -2.49. The Morgan fingerprint density at radius 3 is 2.65 bits per heavy atom. The van der Waals surface area contributed by atoms with Gasteiger partial charge in [0, 0.05) is 51.0 Å². The number of hydrogen-bond acceptors (Lipinski definition) is 7. The maximum atomic E-state index is 12.9. The first-order valence-electron chi connectivity index (χ1n) is 13.2. The Balaban J connectivity index is 1.53. The molecule has 4 aromatic rings. The third-order valence-electron chi connectivity index (χ3n) is 7.90. The summed E-state index contributed by atoms with van der Waals surface area (Å²) in [6.45, 7) is 11.5. The van der Waals surface area contributed by atoms with Gasteiger partial charge in [-0.25, -0.2) is 9.97 Å². The Morgan fingerprint density at radius 1 is 1.16 bits per heavy atom. The van der Waals surface area contributed by atoms with Gasteiger partial charge in [-0.1, -0.05) is 13.8 Å². The van der Waals surface area contributed by atoms with E-state index in [1.807, 2.05) is 6.07 Å². The maximum absolute atomic E-state index is 12.9. The molecule has 5 rings (SSSR count). The normalized spacial score (nSPS) is 19.5. The highest BCUT2D eigenvalue weighted by Crippen LogP contribution is 2.34. The van der Waals surface area contributed by atoms with Gasteiger partial charge in [0.25, 0.3) is 5.56 Å². The van der Waals surface area contributed by atoms with Crippen LogP contribution in [0.1, 0.15) is 52.4 Å². The van der Waals surface area contributed by atoms with Crippen LogP contribution in [-0.4, -0.2) is 59.0 Å². The van der Waals surface area contributed by atoms with Gasteiger partial charge < -0.3 is 14.0 Å². The van der Waals surface area contributed by atoms with Crippen molar-refractivity contribution in [2.45, 2.75) is 71.8 Å². The van der Waals surface area contributed by atoms with Crippen LogP contribution < -0.4 is 10.5 Å². The van der Waals surface area contributed by atoms with Crippen molar-refractivity contribution >= 4 is 27.9 Å². The van der Waals surface area contributed by atoms with Gasteiger partial charge >= 0.3 is 0 Å². The third kappa shape index (κ3) is 4.17. The molecule has 0 aromatic carbocycles. The molecule has 0 aliphatic carbocycles. The minimum Gasteiger partial charge on any atom is -0.364 e. The van der Waals surface area contributed by atoms with E-state index in [0.717, 1.165) is 66.2 Å². The van der Waals surface area contributed by atoms with Crippen LogP contribution in [0.4, 0.5) is 5.69 Å². The summed E-state index contributed by atoms with van der Waals surface area (Å²) in [5.41, 5.74) is 4.17. The molecule has 10 heteroatoms. The van der Waals surface area contributed by atoms with Crippen LogP contribution in [0.15, 0.2) is 35.4 Å². The van der Waals surface area contributed by atoms with Crippen molar-refractivity contribution in [2.24, 2.45) is 7.05 Å². The van der Waals surface area contributed by atoms with Crippen molar-refractivity contribution in [2.75, 3.05) is 18.0 Å². The number of anilines is 1. The summed E-state index contributed by atoms with van der Waals surface area (Å²) in [5.74, 6) is 1.05. The molecule has 1 saturated heterocycles. The standard InChI is InChI=1S/C27H35N9O/c1-6-19-16-36(22-14-24(37)32(5)23-17-33(13-11-28)31-25(22)23)20(7-2)15-35(19)18(4)27-30-26-21(34(27)8-3)10-9-12-29-26/h9-10,12,14,17-20H,6-8,13,15-16H2,1-5H3/t18?,19-,20+/m1/s1. The Bertz CT molecular complexity index is 1520. The number of pyridine rings is 2. The van der Waals surface area contributed by atoms with E-state index in [2.05, 4.69) is 59.2 Å². The maximum Gasteiger partial charge on any atom is 0.252 e. The molecule has 0 N–H and O–H groups in total. The molecule has 0 bridgehead atoms. The van der Waals surface area contributed by atoms with E-state index in [9.17, 15) is 10.1 Å². The largest absolute Gasteiger partial charge is 0.364 e. The number of aryl methyl sites for hydroxylation is 2. The number of hydrogen-bond donors (Lipinski definition) is 0. The summed E-state index contributed by atoms with van der Waals surface area (Å²) in [5, 5.41) is 13.9. The van der Waals surface area contributed by atoms with E-state index < -0.39 is 0 Å². The Kier molecular flexibility index (Phi) is 6.73. The van der Waals surface area contributed by atoms with Gasteiger partial charge in [-0.3, -0.25) is 14.4 Å². The SMILES string of the molecule is CC[C@H]1CN(C(C)c2nc3ncccc3n2CC)[C@H](CC)CN1c1cc(=O)n(C)c2cn(CC#N)nc12. The fourth-order valence-corrected chi connectivity index (χ4v) is 5.84. The predicted molar refractivity (Wildman–Crippen MR) is 144 cm³/mol. The van der Waals surface area contributed by atoms with E-state index in [1.54, 1.807) is 34.8 Å². The van der Waals surface area contributed by atoms with Gasteiger partial charge in [0.15, 0.2) is 5.65 Å². The van der Waals surface area contributed by atoms with Crippen LogP contribution in [0, 0.1) is 11.3 Å². The Labute approximate surface area is 216 Å². The molecule has 5 heterocycles. The average molecular weight is 502 g/mol. The molecule has 1 aliphatic heterocycles. The third-order valence-corrected chi connectivity index (χ3v) is 7.90. The molecule has 0 spiro atoms. The summed E-state index contributed by atoms with van der Waals surface area (Å²) >= 11 is 0. The first kappa shape index (κ1) is 25.0. The molecular formula is C27H35N9O. The summed E-state index contributed by atoms with van der Waals surface area (Å²) in [6, 6.07) is 8.51. The molecular weight excluding hydrogens is 466 g/mol. The number of fused-ring (bicyclic) bond motifs is 2. The number of aromatic nitrogens is 6. The zero-order valence-corrected chi connectivity index (χ0v) is 22.3. The molecule has 1 fully saturated rings. The van der Waals surface area contributed by atoms with Crippen molar-refractivity contribution in [3.05, 3.63) is 46.8 Å². The van der Waals surface area contributed by atoms with E-state index in [1.165, 1.54) is 0 Å². The molecule has 0 radical (unpaired) electrons. The smallest absolute Gasteiger partial charge is 0.252 e. The van der Waals surface area contributed by atoms with Gasteiger partial charge in [-0.05, 0) is 38.8 Å². The average Bonchev–Trinajstić information content (AvgIpc) is 3.51. The number of nitrogens with zero attached hydrogens (tertiary/aromatic N) is 9. The number of imidazole rings is 1. The van der Waals surface area contributed by atoms with Crippen LogP contribution in [0.3, 0.4) is 0 Å². The van der Waals surface area contributed by atoms with Gasteiger partial charge in [0.05, 0.1) is 35.0 Å². The zero-order valence-electron chi connectivity index (χ0n) is 22.3. The highest BCUT2D eigenvalue weighted by Gasteiger charge is 2.37. The van der Waals surface area contributed by atoms with Gasteiger partial charge in [-0.2, -0.15) is 10.4 Å². The summed E-state index contributed by atoms with van der Waals surface area (Å²) < 4.78 is 5.51. The summed E-state index contributed by atoms with van der Waals surface area (Å²) in [6.07, 6.45) is 5.50. The molecule has 194 valence electrons. The molecule has 4 aromatic heterocycles. The summed E-state index contributed by atoms with van der Waals surface area (Å²) in [4.78, 5) is 27.3. The van der Waals surface area contributed by atoms with Gasteiger partial charge in [-0.15, -0.1) is 0 Å². The number of rotatable bonds is 7.